The summed E-state index contributed by atoms with van der Waals surface area (Å²) < 4.78 is 10.7. The average molecular weight is 357 g/mol. The molecule has 0 spiro atoms. The standard InChI is InChI=1S/C18H35N3O4/c1-17(2,3)24-15(22)20-9-7-11-21(13-14-8-10-19-12-14)16(23)25-18(4,5)6/h14,19H,7-13H2,1-6H3,(H,20,22). The van der Waals surface area contributed by atoms with Gasteiger partial charge in [-0.25, -0.2) is 9.59 Å². The van der Waals surface area contributed by atoms with Gasteiger partial charge >= 0.3 is 12.2 Å². The maximum atomic E-state index is 12.4. The number of amides is 2. The van der Waals surface area contributed by atoms with E-state index in [1.54, 1.807) is 4.90 Å². The lowest BCUT2D eigenvalue weighted by Crippen LogP contribution is -2.41. The van der Waals surface area contributed by atoms with E-state index < -0.39 is 17.3 Å². The number of nitrogens with one attached hydrogen (secondary N) is 2. The van der Waals surface area contributed by atoms with E-state index in [0.29, 0.717) is 32.0 Å². The third kappa shape index (κ3) is 10.2. The molecule has 0 aliphatic carbocycles. The Labute approximate surface area is 151 Å². The van der Waals surface area contributed by atoms with Crippen LogP contribution in [0.25, 0.3) is 0 Å². The largest absolute Gasteiger partial charge is 0.444 e. The van der Waals surface area contributed by atoms with Crippen LogP contribution in [0, 0.1) is 5.92 Å². The summed E-state index contributed by atoms with van der Waals surface area (Å²) in [7, 11) is 0. The maximum absolute atomic E-state index is 12.4. The molecule has 1 unspecified atom stereocenters. The van der Waals surface area contributed by atoms with Gasteiger partial charge in [0.15, 0.2) is 0 Å². The lowest BCUT2D eigenvalue weighted by atomic mass is 10.1. The smallest absolute Gasteiger partial charge is 0.410 e. The number of carbonyl (C=O) groups excluding carboxylic acids is 2. The zero-order valence-corrected chi connectivity index (χ0v) is 16.6. The van der Waals surface area contributed by atoms with Gasteiger partial charge in [-0.1, -0.05) is 0 Å². The van der Waals surface area contributed by atoms with Gasteiger partial charge in [-0.15, -0.1) is 0 Å². The predicted octanol–water partition coefficient (Wildman–Crippen LogP) is 2.75. The van der Waals surface area contributed by atoms with Gasteiger partial charge in [0.05, 0.1) is 0 Å². The van der Waals surface area contributed by atoms with Crippen LogP contribution < -0.4 is 10.6 Å². The van der Waals surface area contributed by atoms with Gasteiger partial charge in [-0.05, 0) is 73.4 Å². The first-order chi connectivity index (χ1) is 11.5. The van der Waals surface area contributed by atoms with Gasteiger partial charge in [-0.3, -0.25) is 0 Å². The van der Waals surface area contributed by atoms with Crippen LogP contribution in [0.4, 0.5) is 9.59 Å². The zero-order valence-electron chi connectivity index (χ0n) is 16.6. The van der Waals surface area contributed by atoms with Gasteiger partial charge in [0.2, 0.25) is 0 Å². The Balaban J connectivity index is 2.44. The van der Waals surface area contributed by atoms with Crippen LogP contribution in [0.3, 0.4) is 0 Å². The molecule has 7 heteroatoms. The van der Waals surface area contributed by atoms with Crippen molar-refractivity contribution in [2.75, 3.05) is 32.7 Å². The molecule has 1 heterocycles. The van der Waals surface area contributed by atoms with Crippen molar-refractivity contribution in [3.8, 4) is 0 Å². The number of nitrogens with zero attached hydrogens (tertiary/aromatic N) is 1. The molecule has 2 amide bonds. The molecule has 1 saturated heterocycles. The van der Waals surface area contributed by atoms with Crippen LogP contribution in [-0.4, -0.2) is 61.0 Å². The highest BCUT2D eigenvalue weighted by molar-refractivity contribution is 5.68. The molecule has 1 aliphatic heterocycles. The molecule has 0 aromatic carbocycles. The molecule has 1 aliphatic rings. The van der Waals surface area contributed by atoms with E-state index in [4.69, 9.17) is 9.47 Å². The number of hydrogen-bond donors (Lipinski definition) is 2. The number of alkyl carbamates (subject to hydrolysis) is 1. The Hall–Kier alpha value is -1.50. The SMILES string of the molecule is CC(C)(C)OC(=O)NCCCN(CC1CCNC1)C(=O)OC(C)(C)C. The van der Waals surface area contributed by atoms with E-state index in [2.05, 4.69) is 10.6 Å². The lowest BCUT2D eigenvalue weighted by molar-refractivity contribution is 0.0222. The van der Waals surface area contributed by atoms with E-state index >= 15 is 0 Å². The van der Waals surface area contributed by atoms with Gasteiger partial charge < -0.3 is 25.0 Å². The third-order valence-electron chi connectivity index (χ3n) is 3.57. The minimum atomic E-state index is -0.516. The molecule has 1 atom stereocenters. The quantitative estimate of drug-likeness (QED) is 0.715. The Bertz CT molecular complexity index is 435. The van der Waals surface area contributed by atoms with Crippen molar-refractivity contribution in [2.24, 2.45) is 5.92 Å². The fraction of sp³-hybridized carbons (Fsp3) is 0.889. The molecule has 7 nitrogen and oxygen atoms in total. The Kier molecular flexibility index (Phi) is 7.99. The Morgan fingerprint density at radius 2 is 1.76 bits per heavy atom. The highest BCUT2D eigenvalue weighted by Gasteiger charge is 2.26. The second-order valence-corrected chi connectivity index (χ2v) is 8.57. The first-order valence-electron chi connectivity index (χ1n) is 9.12. The third-order valence-corrected chi connectivity index (χ3v) is 3.57. The predicted molar refractivity (Wildman–Crippen MR) is 97.6 cm³/mol. The second-order valence-electron chi connectivity index (χ2n) is 8.57. The fourth-order valence-electron chi connectivity index (χ4n) is 2.54. The summed E-state index contributed by atoms with van der Waals surface area (Å²) in [6.07, 6.45) is 0.988. The van der Waals surface area contributed by atoms with Crippen molar-refractivity contribution in [1.29, 1.82) is 0 Å². The average Bonchev–Trinajstić information content (AvgIpc) is 2.91. The number of carbonyl (C=O) groups is 2. The van der Waals surface area contributed by atoms with E-state index in [9.17, 15) is 9.59 Å². The minimum absolute atomic E-state index is 0.295. The molecule has 2 N–H and O–H groups in total. The second kappa shape index (κ2) is 9.27. The van der Waals surface area contributed by atoms with E-state index in [-0.39, 0.29) is 6.09 Å². The van der Waals surface area contributed by atoms with Gasteiger partial charge in [0.1, 0.15) is 11.2 Å². The first kappa shape index (κ1) is 21.5. The van der Waals surface area contributed by atoms with E-state index in [0.717, 1.165) is 19.5 Å². The molecule has 0 radical (unpaired) electrons. The molecule has 0 aromatic heterocycles. The Morgan fingerprint density at radius 1 is 1.12 bits per heavy atom. The van der Waals surface area contributed by atoms with Gasteiger partial charge in [0, 0.05) is 19.6 Å². The van der Waals surface area contributed by atoms with E-state index in [1.165, 1.54) is 0 Å². The number of rotatable bonds is 6. The van der Waals surface area contributed by atoms with Crippen LogP contribution in [-0.2, 0) is 9.47 Å². The molecule has 25 heavy (non-hydrogen) atoms. The zero-order chi connectivity index (χ0) is 19.1. The maximum Gasteiger partial charge on any atom is 0.410 e. The first-order valence-corrected chi connectivity index (χ1v) is 9.12. The number of ether oxygens (including phenoxy) is 2. The van der Waals surface area contributed by atoms with Crippen LogP contribution >= 0.6 is 0 Å². The normalized spacial score (nSPS) is 17.9. The summed E-state index contributed by atoms with van der Waals surface area (Å²) in [5, 5.41) is 6.04. The van der Waals surface area contributed by atoms with Crippen LogP contribution in [0.2, 0.25) is 0 Å². The molecule has 1 rings (SSSR count). The van der Waals surface area contributed by atoms with Crippen molar-refractivity contribution < 1.29 is 19.1 Å². The van der Waals surface area contributed by atoms with E-state index in [1.807, 2.05) is 41.5 Å². The monoisotopic (exact) mass is 357 g/mol. The van der Waals surface area contributed by atoms with Crippen molar-refractivity contribution in [3.63, 3.8) is 0 Å². The van der Waals surface area contributed by atoms with Gasteiger partial charge in [0.25, 0.3) is 0 Å². The summed E-state index contributed by atoms with van der Waals surface area (Å²) in [6.45, 7) is 14.7. The summed E-state index contributed by atoms with van der Waals surface area (Å²) >= 11 is 0. The fourth-order valence-corrected chi connectivity index (χ4v) is 2.54. The summed E-state index contributed by atoms with van der Waals surface area (Å²) in [4.78, 5) is 25.8. The minimum Gasteiger partial charge on any atom is -0.444 e. The van der Waals surface area contributed by atoms with Crippen molar-refractivity contribution in [3.05, 3.63) is 0 Å². The molecular weight excluding hydrogens is 322 g/mol. The lowest BCUT2D eigenvalue weighted by Gasteiger charge is -2.29. The number of hydrogen-bond acceptors (Lipinski definition) is 5. The topological polar surface area (TPSA) is 79.9 Å². The van der Waals surface area contributed by atoms with Crippen molar-refractivity contribution in [2.45, 2.75) is 65.6 Å². The highest BCUT2D eigenvalue weighted by Crippen LogP contribution is 2.15. The summed E-state index contributed by atoms with van der Waals surface area (Å²) in [5.41, 5.74) is -1.03. The highest BCUT2D eigenvalue weighted by atomic mass is 16.6. The van der Waals surface area contributed by atoms with Crippen LogP contribution in [0.15, 0.2) is 0 Å². The summed E-state index contributed by atoms with van der Waals surface area (Å²) in [6, 6.07) is 0. The molecule has 146 valence electrons. The molecule has 1 fully saturated rings. The summed E-state index contributed by atoms with van der Waals surface area (Å²) in [5.74, 6) is 0.450. The van der Waals surface area contributed by atoms with Gasteiger partial charge in [-0.2, -0.15) is 0 Å². The van der Waals surface area contributed by atoms with Crippen LogP contribution in [0.1, 0.15) is 54.4 Å². The van der Waals surface area contributed by atoms with Crippen LogP contribution in [0.5, 0.6) is 0 Å². The molecule has 0 saturated carbocycles. The molecule has 0 aromatic rings. The Morgan fingerprint density at radius 3 is 2.28 bits per heavy atom. The van der Waals surface area contributed by atoms with Crippen molar-refractivity contribution in [1.82, 2.24) is 15.5 Å². The molecule has 0 bridgehead atoms. The van der Waals surface area contributed by atoms with Crippen molar-refractivity contribution >= 4 is 12.2 Å². The molecular formula is C18H35N3O4.